The molecule has 0 saturated heterocycles. The topological polar surface area (TPSA) is 47.6 Å². The molecule has 0 spiro atoms. The maximum Gasteiger partial charge on any atom is 0.391 e. The highest BCUT2D eigenvalue weighted by atomic mass is 19.4. The second kappa shape index (κ2) is 7.26. The summed E-state index contributed by atoms with van der Waals surface area (Å²) in [7, 11) is 1.28. The van der Waals surface area contributed by atoms with Gasteiger partial charge in [0.2, 0.25) is 0 Å². The second-order valence-corrected chi connectivity index (χ2v) is 5.08. The molecule has 0 aliphatic heterocycles. The van der Waals surface area contributed by atoms with E-state index in [2.05, 4.69) is 5.32 Å². The van der Waals surface area contributed by atoms with Gasteiger partial charge in [-0.05, 0) is 31.7 Å². The summed E-state index contributed by atoms with van der Waals surface area (Å²) in [6, 6.07) is 0. The van der Waals surface area contributed by atoms with Crippen molar-refractivity contribution in [3.8, 4) is 0 Å². The van der Waals surface area contributed by atoms with Crippen LogP contribution in [0.3, 0.4) is 0 Å². The minimum absolute atomic E-state index is 0.0763. The zero-order valence-electron chi connectivity index (χ0n) is 11.9. The van der Waals surface area contributed by atoms with Crippen LogP contribution >= 0.6 is 0 Å². The van der Waals surface area contributed by atoms with Gasteiger partial charge in [-0.25, -0.2) is 4.79 Å². The van der Waals surface area contributed by atoms with E-state index in [1.54, 1.807) is 0 Å². The Morgan fingerprint density at radius 1 is 1.35 bits per heavy atom. The summed E-state index contributed by atoms with van der Waals surface area (Å²) in [4.78, 5) is 12.0. The lowest BCUT2D eigenvalue weighted by atomic mass is 9.94. The van der Waals surface area contributed by atoms with Gasteiger partial charge in [0.1, 0.15) is 5.54 Å². The highest BCUT2D eigenvalue weighted by Gasteiger charge is 2.52. The van der Waals surface area contributed by atoms with Gasteiger partial charge in [0.05, 0.1) is 26.7 Å². The van der Waals surface area contributed by atoms with Crippen LogP contribution in [0.5, 0.6) is 0 Å². The van der Waals surface area contributed by atoms with Crippen LogP contribution in [0, 0.1) is 5.92 Å². The second-order valence-electron chi connectivity index (χ2n) is 5.08. The molecular formula is C13H22F3NO3. The van der Waals surface area contributed by atoms with Crippen molar-refractivity contribution in [2.24, 2.45) is 5.92 Å². The lowest BCUT2D eigenvalue weighted by Gasteiger charge is -2.32. The predicted octanol–water partition coefficient (Wildman–Crippen LogP) is 2.28. The number of carbonyl (C=O) groups excluding carboxylic acids is 1. The average Bonchev–Trinajstić information content (AvgIpc) is 3.21. The molecule has 1 unspecified atom stereocenters. The first-order valence-corrected chi connectivity index (χ1v) is 6.83. The normalized spacial score (nSPS) is 18.6. The Bertz CT molecular complexity index is 318. The van der Waals surface area contributed by atoms with Crippen molar-refractivity contribution in [3.63, 3.8) is 0 Å². The highest BCUT2D eigenvalue weighted by Crippen LogP contribution is 2.41. The molecule has 0 aromatic carbocycles. The molecule has 1 aliphatic carbocycles. The van der Waals surface area contributed by atoms with Crippen LogP contribution in [0.4, 0.5) is 13.2 Å². The summed E-state index contributed by atoms with van der Waals surface area (Å²) in [6.45, 7) is 2.02. The summed E-state index contributed by atoms with van der Waals surface area (Å²) in [5.74, 6) is -0.382. The fourth-order valence-electron chi connectivity index (χ4n) is 2.14. The quantitative estimate of drug-likeness (QED) is 0.524. The van der Waals surface area contributed by atoms with Crippen molar-refractivity contribution in [2.75, 3.05) is 26.9 Å². The van der Waals surface area contributed by atoms with Crippen LogP contribution in [0.25, 0.3) is 0 Å². The zero-order chi connectivity index (χ0) is 15.2. The van der Waals surface area contributed by atoms with Gasteiger partial charge in [-0.2, -0.15) is 13.2 Å². The fourth-order valence-corrected chi connectivity index (χ4v) is 2.14. The van der Waals surface area contributed by atoms with Gasteiger partial charge in [-0.15, -0.1) is 0 Å². The van der Waals surface area contributed by atoms with Crippen LogP contribution < -0.4 is 5.32 Å². The summed E-state index contributed by atoms with van der Waals surface area (Å²) in [5.41, 5.74) is -1.00. The molecule has 0 heterocycles. The van der Waals surface area contributed by atoms with Crippen LogP contribution in [-0.2, 0) is 14.3 Å². The Kier molecular flexibility index (Phi) is 6.26. The van der Waals surface area contributed by atoms with Gasteiger partial charge < -0.3 is 9.47 Å². The zero-order valence-corrected chi connectivity index (χ0v) is 11.9. The van der Waals surface area contributed by atoms with E-state index in [0.717, 1.165) is 19.3 Å². The summed E-state index contributed by atoms with van der Waals surface area (Å²) in [5, 5.41) is 3.11. The molecule has 0 bridgehead atoms. The molecule has 0 aromatic heterocycles. The van der Waals surface area contributed by atoms with Crippen molar-refractivity contribution >= 4 is 5.97 Å². The van der Waals surface area contributed by atoms with Crippen molar-refractivity contribution in [1.29, 1.82) is 0 Å². The van der Waals surface area contributed by atoms with E-state index in [4.69, 9.17) is 9.47 Å². The number of alkyl halides is 3. The maximum atomic E-state index is 12.1. The van der Waals surface area contributed by atoms with E-state index in [1.165, 1.54) is 7.11 Å². The van der Waals surface area contributed by atoms with Gasteiger partial charge >= 0.3 is 12.1 Å². The van der Waals surface area contributed by atoms with Crippen molar-refractivity contribution in [3.05, 3.63) is 0 Å². The lowest BCUT2D eigenvalue weighted by molar-refractivity contribution is -0.157. The highest BCUT2D eigenvalue weighted by molar-refractivity contribution is 5.82. The number of methoxy groups -OCH3 is 1. The average molecular weight is 297 g/mol. The third-order valence-corrected chi connectivity index (χ3v) is 3.37. The number of ether oxygens (including phenoxy) is 2. The summed E-state index contributed by atoms with van der Waals surface area (Å²) < 4.78 is 46.2. The Morgan fingerprint density at radius 3 is 2.45 bits per heavy atom. The minimum Gasteiger partial charge on any atom is -0.468 e. The maximum absolute atomic E-state index is 12.1. The molecule has 7 heteroatoms. The van der Waals surface area contributed by atoms with E-state index in [9.17, 15) is 18.0 Å². The molecule has 1 atom stereocenters. The standard InChI is InChI=1S/C13H22F3NO3/c1-3-7-17-12(10-4-5-10,11(18)19-2)9-20-8-6-13(14,15)16/h10,17H,3-9H2,1-2H3. The van der Waals surface area contributed by atoms with Gasteiger partial charge in [-0.3, -0.25) is 5.32 Å². The van der Waals surface area contributed by atoms with Crippen LogP contribution in [0.1, 0.15) is 32.6 Å². The van der Waals surface area contributed by atoms with Crippen molar-refractivity contribution in [1.82, 2.24) is 5.32 Å². The van der Waals surface area contributed by atoms with Crippen LogP contribution in [0.15, 0.2) is 0 Å². The molecule has 1 rings (SSSR count). The first-order valence-electron chi connectivity index (χ1n) is 6.83. The van der Waals surface area contributed by atoms with Crippen LogP contribution in [0.2, 0.25) is 0 Å². The number of halogens is 3. The monoisotopic (exact) mass is 297 g/mol. The van der Waals surface area contributed by atoms with Gasteiger partial charge in [-0.1, -0.05) is 6.92 Å². The Hall–Kier alpha value is -0.820. The molecule has 1 aliphatic rings. The predicted molar refractivity (Wildman–Crippen MR) is 67.3 cm³/mol. The number of rotatable bonds is 9. The number of nitrogens with one attached hydrogen (secondary N) is 1. The summed E-state index contributed by atoms with van der Waals surface area (Å²) in [6.07, 6.45) is -2.73. The molecule has 118 valence electrons. The van der Waals surface area contributed by atoms with E-state index in [-0.39, 0.29) is 12.5 Å². The largest absolute Gasteiger partial charge is 0.468 e. The van der Waals surface area contributed by atoms with Crippen LogP contribution in [-0.4, -0.2) is 44.6 Å². The molecule has 1 fully saturated rings. The van der Waals surface area contributed by atoms with Crippen molar-refractivity contribution in [2.45, 2.75) is 44.3 Å². The first-order chi connectivity index (χ1) is 9.35. The van der Waals surface area contributed by atoms with E-state index in [1.807, 2.05) is 6.92 Å². The molecule has 0 aromatic rings. The van der Waals surface area contributed by atoms with Gasteiger partial charge in [0, 0.05) is 0 Å². The molecule has 1 N–H and O–H groups in total. The third kappa shape index (κ3) is 4.94. The number of carbonyl (C=O) groups is 1. The molecule has 0 radical (unpaired) electrons. The smallest absolute Gasteiger partial charge is 0.391 e. The fraction of sp³-hybridized carbons (Fsp3) is 0.923. The Labute approximate surface area is 117 Å². The number of hydrogen-bond acceptors (Lipinski definition) is 4. The molecule has 20 heavy (non-hydrogen) atoms. The molecule has 0 amide bonds. The molecular weight excluding hydrogens is 275 g/mol. The first kappa shape index (κ1) is 17.2. The van der Waals surface area contributed by atoms with E-state index < -0.39 is 30.7 Å². The van der Waals surface area contributed by atoms with Crippen molar-refractivity contribution < 1.29 is 27.4 Å². The SMILES string of the molecule is CCCNC(COCCC(F)(F)F)(C(=O)OC)C1CC1. The molecule has 1 saturated carbocycles. The lowest BCUT2D eigenvalue weighted by Crippen LogP contribution is -2.58. The Balaban J connectivity index is 2.59. The molecule has 4 nitrogen and oxygen atoms in total. The number of esters is 1. The summed E-state index contributed by atoms with van der Waals surface area (Å²) >= 11 is 0. The Morgan fingerprint density at radius 2 is 2.00 bits per heavy atom. The third-order valence-electron chi connectivity index (χ3n) is 3.37. The number of hydrogen-bond donors (Lipinski definition) is 1. The minimum atomic E-state index is -4.25. The van der Waals surface area contributed by atoms with Gasteiger partial charge in [0.25, 0.3) is 0 Å². The van der Waals surface area contributed by atoms with E-state index in [0.29, 0.717) is 6.54 Å². The van der Waals surface area contributed by atoms with Gasteiger partial charge in [0.15, 0.2) is 0 Å². The van der Waals surface area contributed by atoms with E-state index >= 15 is 0 Å².